The van der Waals surface area contributed by atoms with Crippen molar-refractivity contribution in [1.29, 1.82) is 0 Å². The molecule has 1 N–H and O–H groups in total. The highest BCUT2D eigenvalue weighted by Gasteiger charge is 2.29. The van der Waals surface area contributed by atoms with Crippen LogP contribution in [0.25, 0.3) is 0 Å². The maximum Gasteiger partial charge on any atom is 0.237 e. The van der Waals surface area contributed by atoms with Crippen LogP contribution in [0.3, 0.4) is 0 Å². The van der Waals surface area contributed by atoms with Crippen LogP contribution in [-0.2, 0) is 4.79 Å². The van der Waals surface area contributed by atoms with Gasteiger partial charge in [0.1, 0.15) is 0 Å². The molecule has 0 radical (unpaired) electrons. The van der Waals surface area contributed by atoms with E-state index in [0.717, 1.165) is 24.9 Å². The Bertz CT molecular complexity index is 405. The number of nitrogens with one attached hydrogen (secondary N) is 1. The minimum Gasteiger partial charge on any atom is -0.334 e. The summed E-state index contributed by atoms with van der Waals surface area (Å²) in [7, 11) is 0. The summed E-state index contributed by atoms with van der Waals surface area (Å²) in [6, 6.07) is 4.16. The summed E-state index contributed by atoms with van der Waals surface area (Å²) in [4.78, 5) is 18.2. The molecule has 1 aliphatic rings. The van der Waals surface area contributed by atoms with Crippen LogP contribution in [-0.4, -0.2) is 35.4 Å². The number of carbonyl (C=O) groups is 1. The number of carbonyl (C=O) groups excluding carboxylic acids is 1. The van der Waals surface area contributed by atoms with Gasteiger partial charge >= 0.3 is 0 Å². The van der Waals surface area contributed by atoms with Crippen LogP contribution >= 0.6 is 0 Å². The number of hydrogen-bond acceptors (Lipinski definition) is 3. The molecule has 1 saturated heterocycles. The van der Waals surface area contributed by atoms with Crippen molar-refractivity contribution in [3.8, 4) is 0 Å². The van der Waals surface area contributed by atoms with Crippen LogP contribution < -0.4 is 5.32 Å². The Kier molecular flexibility index (Phi) is 4.47. The van der Waals surface area contributed by atoms with E-state index in [1.807, 2.05) is 23.2 Å². The molecule has 18 heavy (non-hydrogen) atoms. The quantitative estimate of drug-likeness (QED) is 0.632. The fraction of sp³-hybridized carbons (Fsp3) is 0.429. The molecule has 1 unspecified atom stereocenters. The highest BCUT2D eigenvalue weighted by Crippen LogP contribution is 2.31. The molecule has 4 heteroatoms. The number of likely N-dealkylation sites (tertiary alicyclic amines) is 1. The molecule has 1 aromatic heterocycles. The maximum absolute atomic E-state index is 12.1. The number of aromatic nitrogens is 1. The van der Waals surface area contributed by atoms with Crippen LogP contribution in [0.15, 0.2) is 37.2 Å². The molecule has 2 heterocycles. The third-order valence-electron chi connectivity index (χ3n) is 3.21. The van der Waals surface area contributed by atoms with E-state index in [1.165, 1.54) is 0 Å². The van der Waals surface area contributed by atoms with E-state index in [-0.39, 0.29) is 11.9 Å². The molecule has 1 aliphatic heterocycles. The van der Waals surface area contributed by atoms with Crippen molar-refractivity contribution in [1.82, 2.24) is 15.2 Å². The zero-order valence-corrected chi connectivity index (χ0v) is 10.5. The molecular weight excluding hydrogens is 226 g/mol. The Labute approximate surface area is 108 Å². The van der Waals surface area contributed by atoms with E-state index in [1.54, 1.807) is 12.3 Å². The molecule has 0 aliphatic carbocycles. The molecule has 0 aromatic carbocycles. The van der Waals surface area contributed by atoms with Crippen molar-refractivity contribution in [3.63, 3.8) is 0 Å². The topological polar surface area (TPSA) is 45.2 Å². The van der Waals surface area contributed by atoms with Gasteiger partial charge in [0.15, 0.2) is 0 Å². The monoisotopic (exact) mass is 245 g/mol. The van der Waals surface area contributed by atoms with Crippen molar-refractivity contribution in [2.45, 2.75) is 18.9 Å². The van der Waals surface area contributed by atoms with Gasteiger partial charge in [-0.25, -0.2) is 0 Å². The number of pyridine rings is 1. The van der Waals surface area contributed by atoms with Gasteiger partial charge in [0.2, 0.25) is 5.91 Å². The van der Waals surface area contributed by atoms with Gasteiger partial charge in [0, 0.05) is 25.5 Å². The second-order valence-corrected chi connectivity index (χ2v) is 4.45. The molecule has 96 valence electrons. The fourth-order valence-corrected chi connectivity index (χ4v) is 2.37. The van der Waals surface area contributed by atoms with Gasteiger partial charge in [-0.3, -0.25) is 9.78 Å². The minimum atomic E-state index is 0.156. The van der Waals surface area contributed by atoms with Gasteiger partial charge in [0.05, 0.1) is 12.6 Å². The first-order valence-electron chi connectivity index (χ1n) is 6.34. The van der Waals surface area contributed by atoms with Gasteiger partial charge in [-0.05, 0) is 24.5 Å². The van der Waals surface area contributed by atoms with Crippen LogP contribution in [0.4, 0.5) is 0 Å². The van der Waals surface area contributed by atoms with Crippen molar-refractivity contribution in [2.24, 2.45) is 0 Å². The Balaban J connectivity index is 1.99. The number of nitrogens with zero attached hydrogens (tertiary/aromatic N) is 2. The molecule has 1 fully saturated rings. The van der Waals surface area contributed by atoms with Gasteiger partial charge in [-0.15, -0.1) is 6.58 Å². The van der Waals surface area contributed by atoms with E-state index < -0.39 is 0 Å². The van der Waals surface area contributed by atoms with E-state index in [4.69, 9.17) is 0 Å². The zero-order valence-electron chi connectivity index (χ0n) is 10.5. The SMILES string of the molecule is C=CCNCC(=O)N1CCCC1c1cccnc1. The Morgan fingerprint density at radius 1 is 1.67 bits per heavy atom. The van der Waals surface area contributed by atoms with Gasteiger partial charge in [-0.2, -0.15) is 0 Å². The van der Waals surface area contributed by atoms with Gasteiger partial charge in [0.25, 0.3) is 0 Å². The summed E-state index contributed by atoms with van der Waals surface area (Å²) in [6.07, 6.45) is 7.46. The highest BCUT2D eigenvalue weighted by molar-refractivity contribution is 5.79. The molecule has 0 spiro atoms. The van der Waals surface area contributed by atoms with Crippen LogP contribution in [0.1, 0.15) is 24.4 Å². The fourth-order valence-electron chi connectivity index (χ4n) is 2.37. The summed E-state index contributed by atoms with van der Waals surface area (Å²) in [5.41, 5.74) is 1.13. The number of hydrogen-bond donors (Lipinski definition) is 1. The zero-order chi connectivity index (χ0) is 12.8. The van der Waals surface area contributed by atoms with Crippen molar-refractivity contribution in [2.75, 3.05) is 19.6 Å². The smallest absolute Gasteiger partial charge is 0.237 e. The van der Waals surface area contributed by atoms with E-state index >= 15 is 0 Å². The van der Waals surface area contributed by atoms with Gasteiger partial charge < -0.3 is 10.2 Å². The largest absolute Gasteiger partial charge is 0.334 e. The lowest BCUT2D eigenvalue weighted by Gasteiger charge is -2.25. The van der Waals surface area contributed by atoms with Crippen LogP contribution in [0, 0.1) is 0 Å². The summed E-state index contributed by atoms with van der Waals surface area (Å²) < 4.78 is 0. The summed E-state index contributed by atoms with van der Waals surface area (Å²) in [5.74, 6) is 0.156. The van der Waals surface area contributed by atoms with E-state index in [9.17, 15) is 4.79 Å². The average Bonchev–Trinajstić information content (AvgIpc) is 2.89. The molecule has 0 saturated carbocycles. The first-order chi connectivity index (χ1) is 8.83. The predicted octanol–water partition coefficient (Wildman–Crippen LogP) is 1.52. The predicted molar refractivity (Wildman–Crippen MR) is 71.0 cm³/mol. The number of amides is 1. The standard InChI is InChI=1S/C14H19N3O/c1-2-7-15-11-14(18)17-9-4-6-13(17)12-5-3-8-16-10-12/h2-3,5,8,10,13,15H,1,4,6-7,9,11H2. The van der Waals surface area contributed by atoms with Crippen LogP contribution in [0.2, 0.25) is 0 Å². The third kappa shape index (κ3) is 2.96. The summed E-state index contributed by atoms with van der Waals surface area (Å²) >= 11 is 0. The average molecular weight is 245 g/mol. The lowest BCUT2D eigenvalue weighted by Crippen LogP contribution is -2.37. The second-order valence-electron chi connectivity index (χ2n) is 4.45. The molecule has 1 aromatic rings. The summed E-state index contributed by atoms with van der Waals surface area (Å²) in [6.45, 7) is 5.50. The Morgan fingerprint density at radius 3 is 3.28 bits per heavy atom. The molecule has 1 amide bonds. The second kappa shape index (κ2) is 6.31. The first-order valence-corrected chi connectivity index (χ1v) is 6.34. The van der Waals surface area contributed by atoms with E-state index in [2.05, 4.69) is 16.9 Å². The third-order valence-corrected chi connectivity index (χ3v) is 3.21. The van der Waals surface area contributed by atoms with Crippen LogP contribution in [0.5, 0.6) is 0 Å². The maximum atomic E-state index is 12.1. The molecule has 4 nitrogen and oxygen atoms in total. The van der Waals surface area contributed by atoms with Crippen molar-refractivity contribution >= 4 is 5.91 Å². The molecule has 2 rings (SSSR count). The highest BCUT2D eigenvalue weighted by atomic mass is 16.2. The van der Waals surface area contributed by atoms with Gasteiger partial charge in [-0.1, -0.05) is 12.1 Å². The molecule has 0 bridgehead atoms. The first kappa shape index (κ1) is 12.8. The minimum absolute atomic E-state index is 0.156. The molecular formula is C14H19N3O. The van der Waals surface area contributed by atoms with E-state index in [0.29, 0.717) is 13.1 Å². The lowest BCUT2D eigenvalue weighted by atomic mass is 10.1. The molecule has 1 atom stereocenters. The Morgan fingerprint density at radius 2 is 2.56 bits per heavy atom. The lowest BCUT2D eigenvalue weighted by molar-refractivity contribution is -0.131. The Hall–Kier alpha value is -1.68. The number of rotatable bonds is 5. The van der Waals surface area contributed by atoms with Crippen molar-refractivity contribution in [3.05, 3.63) is 42.7 Å². The van der Waals surface area contributed by atoms with Crippen molar-refractivity contribution < 1.29 is 4.79 Å². The summed E-state index contributed by atoms with van der Waals surface area (Å²) in [5, 5.41) is 3.06. The normalized spacial score (nSPS) is 18.9.